The van der Waals surface area contributed by atoms with Gasteiger partial charge in [0.15, 0.2) is 6.61 Å². The van der Waals surface area contributed by atoms with E-state index in [4.69, 9.17) is 16.3 Å². The number of imidazole rings is 1. The van der Waals surface area contributed by atoms with Crippen molar-refractivity contribution >= 4 is 23.4 Å². The van der Waals surface area contributed by atoms with Crippen LogP contribution in [0.15, 0.2) is 97.3 Å². The molecule has 7 nitrogen and oxygen atoms in total. The number of nitrogens with one attached hydrogen (secondary N) is 1. The Kier molecular flexibility index (Phi) is 9.59. The lowest BCUT2D eigenvalue weighted by atomic mass is 9.72. The van der Waals surface area contributed by atoms with Gasteiger partial charge in [0.25, 0.3) is 5.91 Å². The maximum absolute atomic E-state index is 14.8. The number of hydrogen-bond acceptors (Lipinski definition) is 4. The number of ether oxygens (including phenoxy) is 1. The van der Waals surface area contributed by atoms with Crippen LogP contribution in [0, 0.1) is 5.41 Å². The van der Waals surface area contributed by atoms with E-state index in [0.29, 0.717) is 56.1 Å². The maximum atomic E-state index is 14.8. The van der Waals surface area contributed by atoms with E-state index in [-0.39, 0.29) is 24.5 Å². The molecular formula is C34H37ClN4O3. The Hall–Kier alpha value is -4.10. The van der Waals surface area contributed by atoms with Crippen LogP contribution in [0.25, 0.3) is 0 Å². The monoisotopic (exact) mass is 584 g/mol. The lowest BCUT2D eigenvalue weighted by Gasteiger charge is -2.44. The number of rotatable bonds is 11. The molecule has 1 aliphatic heterocycles. The van der Waals surface area contributed by atoms with Crippen molar-refractivity contribution < 1.29 is 14.3 Å². The van der Waals surface area contributed by atoms with Crippen LogP contribution in [-0.4, -0.2) is 57.8 Å². The van der Waals surface area contributed by atoms with Crippen LogP contribution in [-0.2, 0) is 22.4 Å². The molecule has 218 valence electrons. The highest BCUT2D eigenvalue weighted by Gasteiger charge is 2.45. The second kappa shape index (κ2) is 13.7. The number of hydrogen-bond donors (Lipinski definition) is 1. The van der Waals surface area contributed by atoms with Gasteiger partial charge in [0.2, 0.25) is 5.91 Å². The lowest BCUT2D eigenvalue weighted by molar-refractivity contribution is -0.151. The van der Waals surface area contributed by atoms with Gasteiger partial charge in [-0.2, -0.15) is 0 Å². The first-order valence-electron chi connectivity index (χ1n) is 14.5. The number of piperidine rings is 1. The predicted octanol–water partition coefficient (Wildman–Crippen LogP) is 6.13. The van der Waals surface area contributed by atoms with Crippen LogP contribution in [0.2, 0.25) is 5.02 Å². The van der Waals surface area contributed by atoms with Gasteiger partial charge in [-0.15, -0.1) is 0 Å². The summed E-state index contributed by atoms with van der Waals surface area (Å²) in [4.78, 5) is 39.3. The molecule has 3 aromatic carbocycles. The lowest BCUT2D eigenvalue weighted by Crippen LogP contribution is -2.53. The first kappa shape index (κ1) is 29.4. The normalized spacial score (nSPS) is 15.1. The summed E-state index contributed by atoms with van der Waals surface area (Å²) in [5, 5.41) is 0.688. The summed E-state index contributed by atoms with van der Waals surface area (Å²) in [7, 11) is 0. The van der Waals surface area contributed by atoms with Crippen LogP contribution in [0.5, 0.6) is 5.75 Å². The Morgan fingerprint density at radius 2 is 1.64 bits per heavy atom. The molecule has 0 bridgehead atoms. The summed E-state index contributed by atoms with van der Waals surface area (Å²) >= 11 is 6.11. The minimum Gasteiger partial charge on any atom is -0.484 e. The van der Waals surface area contributed by atoms with Crippen molar-refractivity contribution in [1.29, 1.82) is 0 Å². The minimum atomic E-state index is -0.654. The highest BCUT2D eigenvalue weighted by Crippen LogP contribution is 2.39. The van der Waals surface area contributed by atoms with E-state index in [0.717, 1.165) is 17.0 Å². The molecule has 8 heteroatoms. The molecule has 1 saturated heterocycles. The van der Waals surface area contributed by atoms with Crippen molar-refractivity contribution in [3.63, 3.8) is 0 Å². The van der Waals surface area contributed by atoms with E-state index in [9.17, 15) is 9.59 Å². The van der Waals surface area contributed by atoms with Crippen LogP contribution < -0.4 is 4.74 Å². The molecule has 0 spiro atoms. The number of nitrogens with zero attached hydrogens (tertiary/aromatic N) is 3. The molecule has 2 heterocycles. The van der Waals surface area contributed by atoms with Gasteiger partial charge in [-0.1, -0.05) is 72.3 Å². The zero-order chi connectivity index (χ0) is 29.4. The summed E-state index contributed by atoms with van der Waals surface area (Å²) in [5.74, 6) is 1.44. The fraction of sp³-hybridized carbons (Fsp3) is 0.324. The maximum Gasteiger partial charge on any atom is 0.260 e. The third kappa shape index (κ3) is 7.21. The summed E-state index contributed by atoms with van der Waals surface area (Å²) < 4.78 is 5.72. The van der Waals surface area contributed by atoms with E-state index in [1.807, 2.05) is 89.5 Å². The Morgan fingerprint density at radius 1 is 0.976 bits per heavy atom. The van der Waals surface area contributed by atoms with E-state index >= 15 is 0 Å². The molecule has 0 aliphatic carbocycles. The molecule has 1 N–H and O–H groups in total. The number of aromatic nitrogens is 2. The van der Waals surface area contributed by atoms with E-state index in [1.54, 1.807) is 12.4 Å². The second-order valence-electron chi connectivity index (χ2n) is 11.0. The van der Waals surface area contributed by atoms with Gasteiger partial charge in [-0.25, -0.2) is 4.98 Å². The zero-order valence-corrected chi connectivity index (χ0v) is 24.7. The number of amides is 2. The Balaban J connectivity index is 1.36. The minimum absolute atomic E-state index is 0.0214. The summed E-state index contributed by atoms with van der Waals surface area (Å²) in [5.41, 5.74) is 1.57. The predicted molar refractivity (Wildman–Crippen MR) is 164 cm³/mol. The van der Waals surface area contributed by atoms with Crippen molar-refractivity contribution in [3.8, 4) is 5.75 Å². The third-order valence-corrected chi connectivity index (χ3v) is 8.47. The van der Waals surface area contributed by atoms with Crippen molar-refractivity contribution in [2.24, 2.45) is 5.41 Å². The number of benzene rings is 3. The van der Waals surface area contributed by atoms with Crippen molar-refractivity contribution in [2.75, 3.05) is 26.2 Å². The van der Waals surface area contributed by atoms with Crippen molar-refractivity contribution in [3.05, 3.63) is 119 Å². The second-order valence-corrected chi connectivity index (χ2v) is 11.4. The van der Waals surface area contributed by atoms with Crippen molar-refractivity contribution in [2.45, 2.75) is 38.6 Å². The molecular weight excluding hydrogens is 548 g/mol. The molecule has 1 unspecified atom stereocenters. The molecule has 1 aromatic heterocycles. The van der Waals surface area contributed by atoms with Gasteiger partial charge < -0.3 is 19.5 Å². The summed E-state index contributed by atoms with van der Waals surface area (Å²) in [6.45, 7) is 3.53. The number of H-pyrrole nitrogens is 1. The topological polar surface area (TPSA) is 78.5 Å². The Morgan fingerprint density at radius 3 is 2.29 bits per heavy atom. The fourth-order valence-electron chi connectivity index (χ4n) is 5.72. The van der Waals surface area contributed by atoms with Crippen LogP contribution in [0.4, 0.5) is 0 Å². The van der Waals surface area contributed by atoms with E-state index in [2.05, 4.69) is 22.1 Å². The Bertz CT molecular complexity index is 1420. The standard InChI is InChI=1S/C34H37ClN4O3/c1-26(32-36-19-20-37-32)39(21-16-27-12-14-29(35)15-13-27)33(41)34(24-28-8-4-2-5-9-28)17-22-38(23-18-34)31(40)25-42-30-10-6-3-7-11-30/h2-15,19-20,26H,16-18,21-25H2,1H3,(H,36,37). The highest BCUT2D eigenvalue weighted by atomic mass is 35.5. The van der Waals surface area contributed by atoms with Crippen molar-refractivity contribution in [1.82, 2.24) is 19.8 Å². The third-order valence-electron chi connectivity index (χ3n) is 8.22. The number of aromatic amines is 1. The van der Waals surface area contributed by atoms with Gasteiger partial charge in [0.1, 0.15) is 11.6 Å². The molecule has 42 heavy (non-hydrogen) atoms. The zero-order valence-electron chi connectivity index (χ0n) is 23.9. The SMILES string of the molecule is CC(c1ncc[nH]1)N(CCc1ccc(Cl)cc1)C(=O)C1(Cc2ccccc2)CCN(C(=O)COc2ccccc2)CC1. The number of likely N-dealkylation sites (tertiary alicyclic amines) is 1. The molecule has 0 radical (unpaired) electrons. The number of carbonyl (C=O) groups is 2. The highest BCUT2D eigenvalue weighted by molar-refractivity contribution is 6.30. The summed E-state index contributed by atoms with van der Waals surface area (Å²) in [6.07, 6.45) is 5.94. The average Bonchev–Trinajstić information content (AvgIpc) is 3.57. The van der Waals surface area contributed by atoms with Gasteiger partial charge in [-0.3, -0.25) is 9.59 Å². The molecule has 1 atom stereocenters. The molecule has 1 fully saturated rings. The molecule has 1 aliphatic rings. The van der Waals surface area contributed by atoms with Gasteiger partial charge in [0, 0.05) is 37.1 Å². The average molecular weight is 585 g/mol. The molecule has 4 aromatic rings. The number of para-hydroxylation sites is 1. The fourth-order valence-corrected chi connectivity index (χ4v) is 5.85. The first-order chi connectivity index (χ1) is 20.4. The van der Waals surface area contributed by atoms with Gasteiger partial charge >= 0.3 is 0 Å². The first-order valence-corrected chi connectivity index (χ1v) is 14.9. The van der Waals surface area contributed by atoms with Crippen LogP contribution in [0.3, 0.4) is 0 Å². The van der Waals surface area contributed by atoms with Crippen LogP contribution >= 0.6 is 11.6 Å². The van der Waals surface area contributed by atoms with E-state index in [1.165, 1.54) is 0 Å². The molecule has 0 saturated carbocycles. The Labute approximate surface area is 252 Å². The molecule has 2 amide bonds. The molecule has 5 rings (SSSR count). The largest absolute Gasteiger partial charge is 0.484 e. The summed E-state index contributed by atoms with van der Waals surface area (Å²) in [6, 6.07) is 27.0. The number of carbonyl (C=O) groups excluding carboxylic acids is 2. The van der Waals surface area contributed by atoms with Gasteiger partial charge in [-0.05, 0) is 68.0 Å². The van der Waals surface area contributed by atoms with Gasteiger partial charge in [0.05, 0.1) is 11.5 Å². The quantitative estimate of drug-likeness (QED) is 0.230. The van der Waals surface area contributed by atoms with Crippen LogP contribution in [0.1, 0.15) is 42.8 Å². The smallest absolute Gasteiger partial charge is 0.260 e. The van der Waals surface area contributed by atoms with E-state index < -0.39 is 5.41 Å². The number of halogens is 1.